The topological polar surface area (TPSA) is 44.3 Å². The molecule has 0 amide bonds. The van der Waals surface area contributed by atoms with E-state index in [-0.39, 0.29) is 5.82 Å². The van der Waals surface area contributed by atoms with Gasteiger partial charge in [0.2, 0.25) is 5.95 Å². The zero-order chi connectivity index (χ0) is 18.6. The minimum atomic E-state index is -0.319. The van der Waals surface area contributed by atoms with Crippen molar-refractivity contribution in [3.63, 3.8) is 0 Å². The van der Waals surface area contributed by atoms with Gasteiger partial charge in [0.15, 0.2) is 0 Å². The third-order valence-corrected chi connectivity index (χ3v) is 4.69. The average molecular weight is 363 g/mol. The first-order chi connectivity index (χ1) is 13.2. The lowest BCUT2D eigenvalue weighted by molar-refractivity contribution is 0.631. The number of piperazine rings is 1. The number of rotatable bonds is 4. The number of hydrogen-bond donors (Lipinski definition) is 1. The van der Waals surface area contributed by atoms with Gasteiger partial charge in [-0.1, -0.05) is 30.3 Å². The fourth-order valence-corrected chi connectivity index (χ4v) is 3.29. The number of nitrogens with one attached hydrogen (secondary N) is 1. The van der Waals surface area contributed by atoms with Crippen LogP contribution in [0.4, 0.5) is 27.5 Å². The summed E-state index contributed by atoms with van der Waals surface area (Å²) in [5.74, 6) is 0.968. The largest absolute Gasteiger partial charge is 0.368 e. The van der Waals surface area contributed by atoms with E-state index in [4.69, 9.17) is 0 Å². The fraction of sp³-hybridized carbons (Fsp3) is 0.238. The second-order valence-corrected chi connectivity index (χ2v) is 6.61. The van der Waals surface area contributed by atoms with Crippen molar-refractivity contribution in [3.05, 3.63) is 72.2 Å². The molecule has 6 heteroatoms. The maximum atomic E-state index is 13.9. The lowest BCUT2D eigenvalue weighted by Gasteiger charge is -2.36. The molecule has 1 aliphatic heterocycles. The predicted molar refractivity (Wildman–Crippen MR) is 107 cm³/mol. The van der Waals surface area contributed by atoms with Crippen LogP contribution in [0.3, 0.4) is 0 Å². The van der Waals surface area contributed by atoms with Crippen LogP contribution >= 0.6 is 0 Å². The van der Waals surface area contributed by atoms with Gasteiger partial charge in [0.05, 0.1) is 5.69 Å². The summed E-state index contributed by atoms with van der Waals surface area (Å²) < 4.78 is 13.9. The van der Waals surface area contributed by atoms with Crippen molar-refractivity contribution >= 4 is 23.1 Å². The summed E-state index contributed by atoms with van der Waals surface area (Å²) in [4.78, 5) is 13.6. The van der Waals surface area contributed by atoms with Crippen LogP contribution < -0.4 is 15.1 Å². The minimum Gasteiger partial charge on any atom is -0.368 e. The van der Waals surface area contributed by atoms with Crippen molar-refractivity contribution in [2.75, 3.05) is 41.3 Å². The van der Waals surface area contributed by atoms with Crippen LogP contribution in [0.25, 0.3) is 0 Å². The summed E-state index contributed by atoms with van der Waals surface area (Å²) in [6, 6.07) is 19.0. The summed E-state index contributed by atoms with van der Waals surface area (Å²) in [6.45, 7) is 5.55. The highest BCUT2D eigenvalue weighted by atomic mass is 19.1. The number of halogens is 1. The molecular formula is C21H22FN5. The van der Waals surface area contributed by atoms with Gasteiger partial charge in [-0.2, -0.15) is 4.98 Å². The molecule has 0 atom stereocenters. The molecule has 0 bridgehead atoms. The molecule has 1 aromatic heterocycles. The Hall–Kier alpha value is -3.15. The molecule has 5 nitrogen and oxygen atoms in total. The number of aryl methyl sites for hydroxylation is 1. The van der Waals surface area contributed by atoms with Gasteiger partial charge in [-0.25, -0.2) is 9.37 Å². The number of nitrogens with zero attached hydrogens (tertiary/aromatic N) is 4. The predicted octanol–water partition coefficient (Wildman–Crippen LogP) is 3.99. The smallest absolute Gasteiger partial charge is 0.229 e. The Labute approximate surface area is 158 Å². The first kappa shape index (κ1) is 17.3. The van der Waals surface area contributed by atoms with Gasteiger partial charge in [0, 0.05) is 43.6 Å². The molecule has 4 rings (SSSR count). The molecule has 0 saturated carbocycles. The fourth-order valence-electron chi connectivity index (χ4n) is 3.29. The quantitative estimate of drug-likeness (QED) is 0.759. The van der Waals surface area contributed by atoms with Gasteiger partial charge in [-0.15, -0.1) is 0 Å². The first-order valence-electron chi connectivity index (χ1n) is 9.11. The van der Waals surface area contributed by atoms with Crippen molar-refractivity contribution in [3.8, 4) is 0 Å². The normalized spacial score (nSPS) is 14.3. The molecule has 0 unspecified atom stereocenters. The van der Waals surface area contributed by atoms with Crippen molar-refractivity contribution < 1.29 is 4.39 Å². The van der Waals surface area contributed by atoms with Gasteiger partial charge in [-0.05, 0) is 31.2 Å². The van der Waals surface area contributed by atoms with Crippen LogP contribution in [0, 0.1) is 12.7 Å². The molecule has 1 saturated heterocycles. The molecule has 0 radical (unpaired) electrons. The number of para-hydroxylation sites is 2. The first-order valence-corrected chi connectivity index (χ1v) is 9.11. The van der Waals surface area contributed by atoms with Gasteiger partial charge in [-0.3, -0.25) is 0 Å². The van der Waals surface area contributed by atoms with Crippen molar-refractivity contribution in [1.82, 2.24) is 9.97 Å². The maximum absolute atomic E-state index is 13.9. The van der Waals surface area contributed by atoms with Crippen molar-refractivity contribution in [2.45, 2.75) is 6.92 Å². The number of hydrogen-bond acceptors (Lipinski definition) is 5. The molecule has 138 valence electrons. The van der Waals surface area contributed by atoms with Gasteiger partial charge in [0.1, 0.15) is 11.6 Å². The number of aromatic nitrogens is 2. The number of benzene rings is 2. The average Bonchev–Trinajstić information content (AvgIpc) is 2.70. The molecule has 1 N–H and O–H groups in total. The Bertz CT molecular complexity index is 907. The Balaban J connectivity index is 1.48. The Morgan fingerprint density at radius 2 is 1.52 bits per heavy atom. The van der Waals surface area contributed by atoms with Crippen LogP contribution in [0.2, 0.25) is 0 Å². The molecular weight excluding hydrogens is 341 g/mol. The molecule has 3 aromatic rings. The standard InChI is InChI=1S/C21H22FN5/c1-16-15-20(25-21(23-16)24-19-10-6-5-9-18(19)22)27-13-11-26(12-14-27)17-7-3-2-4-8-17/h2-10,15H,11-14H2,1H3,(H,23,24,25). The Morgan fingerprint density at radius 1 is 0.852 bits per heavy atom. The molecule has 1 fully saturated rings. The third-order valence-electron chi connectivity index (χ3n) is 4.69. The lowest BCUT2D eigenvalue weighted by Crippen LogP contribution is -2.46. The highest BCUT2D eigenvalue weighted by molar-refractivity contribution is 5.57. The van der Waals surface area contributed by atoms with Crippen molar-refractivity contribution in [1.29, 1.82) is 0 Å². The van der Waals surface area contributed by atoms with Crippen molar-refractivity contribution in [2.24, 2.45) is 0 Å². The second-order valence-electron chi connectivity index (χ2n) is 6.61. The van der Waals surface area contributed by atoms with E-state index >= 15 is 0 Å². The summed E-state index contributed by atoms with van der Waals surface area (Å²) in [6.07, 6.45) is 0. The molecule has 2 heterocycles. The number of anilines is 4. The van der Waals surface area contributed by atoms with E-state index in [2.05, 4.69) is 49.4 Å². The zero-order valence-corrected chi connectivity index (χ0v) is 15.3. The van der Waals surface area contributed by atoms with Gasteiger partial charge >= 0.3 is 0 Å². The lowest BCUT2D eigenvalue weighted by atomic mass is 10.2. The van der Waals surface area contributed by atoms with E-state index in [9.17, 15) is 4.39 Å². The molecule has 27 heavy (non-hydrogen) atoms. The highest BCUT2D eigenvalue weighted by Crippen LogP contribution is 2.22. The van der Waals surface area contributed by atoms with Crippen LogP contribution in [0.1, 0.15) is 5.69 Å². The monoisotopic (exact) mass is 363 g/mol. The molecule has 1 aliphatic rings. The summed E-state index contributed by atoms with van der Waals surface area (Å²) in [5, 5.41) is 2.99. The van der Waals surface area contributed by atoms with E-state index in [0.29, 0.717) is 11.6 Å². The third kappa shape index (κ3) is 4.00. The van der Waals surface area contributed by atoms with Crippen LogP contribution in [0.15, 0.2) is 60.7 Å². The van der Waals surface area contributed by atoms with E-state index < -0.39 is 0 Å². The molecule has 0 aliphatic carbocycles. The zero-order valence-electron chi connectivity index (χ0n) is 15.3. The Morgan fingerprint density at radius 3 is 2.26 bits per heavy atom. The summed E-state index contributed by atoms with van der Waals surface area (Å²) in [5.41, 5.74) is 2.48. The van der Waals surface area contributed by atoms with Crippen LogP contribution in [0.5, 0.6) is 0 Å². The molecule has 0 spiro atoms. The van der Waals surface area contributed by atoms with Gasteiger partial charge in [0.25, 0.3) is 0 Å². The van der Waals surface area contributed by atoms with E-state index in [0.717, 1.165) is 37.7 Å². The SMILES string of the molecule is Cc1cc(N2CCN(c3ccccc3)CC2)nc(Nc2ccccc2F)n1. The Kier molecular flexibility index (Phi) is 4.87. The van der Waals surface area contributed by atoms with Crippen LogP contribution in [-0.2, 0) is 0 Å². The summed E-state index contributed by atoms with van der Waals surface area (Å²) in [7, 11) is 0. The van der Waals surface area contributed by atoms with Gasteiger partial charge < -0.3 is 15.1 Å². The van der Waals surface area contributed by atoms with Crippen LogP contribution in [-0.4, -0.2) is 36.1 Å². The summed E-state index contributed by atoms with van der Waals surface area (Å²) >= 11 is 0. The highest BCUT2D eigenvalue weighted by Gasteiger charge is 2.19. The molecule has 2 aromatic carbocycles. The minimum absolute atomic E-state index is 0.319. The van der Waals surface area contributed by atoms with E-state index in [1.54, 1.807) is 18.2 Å². The second kappa shape index (κ2) is 7.61. The van der Waals surface area contributed by atoms with E-state index in [1.165, 1.54) is 11.8 Å². The van der Waals surface area contributed by atoms with E-state index in [1.807, 2.05) is 19.1 Å². The maximum Gasteiger partial charge on any atom is 0.229 e.